The number of aliphatic carboxylic acids is 1. The second-order valence-corrected chi connectivity index (χ2v) is 6.95. The number of ketones is 1. The smallest absolute Gasteiger partial charge is 0.310 e. The molecule has 0 bridgehead atoms. The topological polar surface area (TPSA) is 54.4 Å². The van der Waals surface area contributed by atoms with Crippen molar-refractivity contribution in [2.75, 3.05) is 0 Å². The Hall–Kier alpha value is -1.64. The van der Waals surface area contributed by atoms with Crippen LogP contribution in [0.5, 0.6) is 0 Å². The SMILES string of the molecule is Cc1cc(C)c(CC(=O)C2(C)CCC2(C)C(=O)O)c(C)c1. The molecule has 1 aromatic carbocycles. The third-order valence-electron chi connectivity index (χ3n) is 5.61. The summed E-state index contributed by atoms with van der Waals surface area (Å²) in [5.41, 5.74) is 2.79. The number of aryl methyl sites for hydroxylation is 3. The summed E-state index contributed by atoms with van der Waals surface area (Å²) in [6.07, 6.45) is 1.58. The van der Waals surface area contributed by atoms with Crippen molar-refractivity contribution in [1.82, 2.24) is 0 Å². The van der Waals surface area contributed by atoms with Gasteiger partial charge in [-0.15, -0.1) is 0 Å². The average molecular weight is 288 g/mol. The zero-order valence-electron chi connectivity index (χ0n) is 13.5. The number of carbonyl (C=O) groups is 2. The number of hydrogen-bond donors (Lipinski definition) is 1. The van der Waals surface area contributed by atoms with Crippen LogP contribution in [0.4, 0.5) is 0 Å². The second kappa shape index (κ2) is 4.97. The second-order valence-electron chi connectivity index (χ2n) is 6.95. The normalized spacial score (nSPS) is 28.0. The standard InChI is InChI=1S/C18H24O3/c1-11-8-12(2)14(13(3)9-11)10-15(19)17(4)6-7-18(17,5)16(20)21/h8-9H,6-7,10H2,1-5H3,(H,20,21). The van der Waals surface area contributed by atoms with Crippen molar-refractivity contribution >= 4 is 11.8 Å². The van der Waals surface area contributed by atoms with E-state index in [2.05, 4.69) is 12.1 Å². The quantitative estimate of drug-likeness (QED) is 0.920. The molecule has 2 rings (SSSR count). The van der Waals surface area contributed by atoms with E-state index in [4.69, 9.17) is 0 Å². The lowest BCUT2D eigenvalue weighted by Crippen LogP contribution is -2.57. The molecule has 1 aromatic rings. The van der Waals surface area contributed by atoms with E-state index in [1.807, 2.05) is 27.7 Å². The molecule has 3 nitrogen and oxygen atoms in total. The zero-order chi connectivity index (χ0) is 16.0. The van der Waals surface area contributed by atoms with Crippen molar-refractivity contribution in [3.05, 3.63) is 34.4 Å². The molecule has 0 heterocycles. The first kappa shape index (κ1) is 15.7. The summed E-state index contributed by atoms with van der Waals surface area (Å²) < 4.78 is 0. The van der Waals surface area contributed by atoms with Gasteiger partial charge in [-0.1, -0.05) is 24.6 Å². The maximum Gasteiger partial charge on any atom is 0.310 e. The summed E-state index contributed by atoms with van der Waals surface area (Å²) in [6.45, 7) is 9.59. The first-order chi connectivity index (χ1) is 9.61. The highest BCUT2D eigenvalue weighted by atomic mass is 16.4. The zero-order valence-corrected chi connectivity index (χ0v) is 13.5. The van der Waals surface area contributed by atoms with Crippen LogP contribution in [0.15, 0.2) is 12.1 Å². The molecule has 0 amide bonds. The number of carboxylic acid groups (broad SMARTS) is 1. The van der Waals surface area contributed by atoms with Gasteiger partial charge in [-0.25, -0.2) is 0 Å². The first-order valence-electron chi connectivity index (χ1n) is 7.45. The van der Waals surface area contributed by atoms with E-state index < -0.39 is 16.8 Å². The summed E-state index contributed by atoms with van der Waals surface area (Å²) in [4.78, 5) is 24.3. The van der Waals surface area contributed by atoms with Gasteiger partial charge in [-0.2, -0.15) is 0 Å². The molecule has 1 aliphatic rings. The Labute approximate surface area is 126 Å². The van der Waals surface area contributed by atoms with Crippen LogP contribution in [-0.2, 0) is 16.0 Å². The van der Waals surface area contributed by atoms with Gasteiger partial charge in [0.05, 0.1) is 5.41 Å². The Bertz CT molecular complexity index is 594. The van der Waals surface area contributed by atoms with Crippen LogP contribution >= 0.6 is 0 Å². The summed E-state index contributed by atoms with van der Waals surface area (Å²) in [5, 5.41) is 9.44. The third kappa shape index (κ3) is 2.29. The Morgan fingerprint density at radius 2 is 1.52 bits per heavy atom. The minimum Gasteiger partial charge on any atom is -0.481 e. The Morgan fingerprint density at radius 3 is 1.90 bits per heavy atom. The van der Waals surface area contributed by atoms with Crippen LogP contribution in [0.25, 0.3) is 0 Å². The predicted molar refractivity (Wildman–Crippen MR) is 82.4 cm³/mol. The number of hydrogen-bond acceptors (Lipinski definition) is 2. The fourth-order valence-corrected chi connectivity index (χ4v) is 3.51. The van der Waals surface area contributed by atoms with Crippen LogP contribution in [0.3, 0.4) is 0 Å². The van der Waals surface area contributed by atoms with Crippen LogP contribution in [0, 0.1) is 31.6 Å². The predicted octanol–water partition coefficient (Wildman–Crippen LogP) is 3.61. The van der Waals surface area contributed by atoms with Crippen molar-refractivity contribution in [2.24, 2.45) is 10.8 Å². The molecular weight excluding hydrogens is 264 g/mol. The molecule has 3 heteroatoms. The van der Waals surface area contributed by atoms with Crippen molar-refractivity contribution < 1.29 is 14.7 Å². The molecule has 0 aliphatic heterocycles. The van der Waals surface area contributed by atoms with Gasteiger partial charge in [-0.05, 0) is 57.2 Å². The molecule has 1 aliphatic carbocycles. The van der Waals surface area contributed by atoms with E-state index in [-0.39, 0.29) is 5.78 Å². The van der Waals surface area contributed by atoms with Gasteiger partial charge in [0.15, 0.2) is 0 Å². The third-order valence-corrected chi connectivity index (χ3v) is 5.61. The minimum atomic E-state index is -0.920. The highest BCUT2D eigenvalue weighted by Crippen LogP contribution is 2.57. The first-order valence-corrected chi connectivity index (χ1v) is 7.45. The summed E-state index contributed by atoms with van der Waals surface area (Å²) >= 11 is 0. The summed E-state index contributed by atoms with van der Waals surface area (Å²) in [5.74, 6) is -0.810. The maximum atomic E-state index is 12.8. The van der Waals surface area contributed by atoms with E-state index in [0.717, 1.165) is 16.7 Å². The Balaban J connectivity index is 2.30. The molecule has 1 saturated carbocycles. The van der Waals surface area contributed by atoms with Crippen LogP contribution in [0.1, 0.15) is 48.9 Å². The van der Waals surface area contributed by atoms with Crippen LogP contribution < -0.4 is 0 Å². The van der Waals surface area contributed by atoms with Gasteiger partial charge in [0, 0.05) is 11.8 Å². The molecule has 0 saturated heterocycles. The van der Waals surface area contributed by atoms with Gasteiger partial charge < -0.3 is 5.11 Å². The number of benzene rings is 1. The lowest BCUT2D eigenvalue weighted by atomic mass is 9.49. The van der Waals surface area contributed by atoms with Crippen LogP contribution in [-0.4, -0.2) is 16.9 Å². The highest BCUT2D eigenvalue weighted by molar-refractivity contribution is 5.94. The lowest BCUT2D eigenvalue weighted by molar-refractivity contribution is -0.176. The van der Waals surface area contributed by atoms with E-state index >= 15 is 0 Å². The monoisotopic (exact) mass is 288 g/mol. The van der Waals surface area contributed by atoms with E-state index in [1.165, 1.54) is 5.56 Å². The molecule has 2 unspecified atom stereocenters. The summed E-state index contributed by atoms with van der Waals surface area (Å²) in [6, 6.07) is 4.16. The van der Waals surface area contributed by atoms with E-state index in [9.17, 15) is 14.7 Å². The molecule has 114 valence electrons. The van der Waals surface area contributed by atoms with Gasteiger partial charge in [0.25, 0.3) is 0 Å². The number of rotatable bonds is 4. The molecular formula is C18H24O3. The molecule has 1 N–H and O–H groups in total. The maximum absolute atomic E-state index is 12.8. The fourth-order valence-electron chi connectivity index (χ4n) is 3.51. The molecule has 2 atom stereocenters. The molecule has 1 fully saturated rings. The Morgan fingerprint density at radius 1 is 1.05 bits per heavy atom. The summed E-state index contributed by atoms with van der Waals surface area (Å²) in [7, 11) is 0. The molecule has 0 radical (unpaired) electrons. The van der Waals surface area contributed by atoms with Gasteiger partial charge in [-0.3, -0.25) is 9.59 Å². The Kier molecular flexibility index (Phi) is 3.73. The van der Waals surface area contributed by atoms with Crippen molar-refractivity contribution in [2.45, 2.75) is 53.9 Å². The van der Waals surface area contributed by atoms with Gasteiger partial charge in [0.1, 0.15) is 5.78 Å². The number of carboxylic acids is 1. The average Bonchev–Trinajstić information content (AvgIpc) is 2.39. The molecule has 21 heavy (non-hydrogen) atoms. The number of carbonyl (C=O) groups excluding carboxylic acids is 1. The fraction of sp³-hybridized carbons (Fsp3) is 0.556. The largest absolute Gasteiger partial charge is 0.481 e. The van der Waals surface area contributed by atoms with Gasteiger partial charge in [0.2, 0.25) is 0 Å². The lowest BCUT2D eigenvalue weighted by Gasteiger charge is -2.52. The molecule has 0 aromatic heterocycles. The van der Waals surface area contributed by atoms with Crippen LogP contribution in [0.2, 0.25) is 0 Å². The highest BCUT2D eigenvalue weighted by Gasteiger charge is 2.61. The van der Waals surface area contributed by atoms with E-state index in [0.29, 0.717) is 19.3 Å². The van der Waals surface area contributed by atoms with Crippen molar-refractivity contribution in [1.29, 1.82) is 0 Å². The number of Topliss-reactive ketones (excluding diaryl/α,β-unsaturated/α-hetero) is 1. The minimum absolute atomic E-state index is 0.0497. The van der Waals surface area contributed by atoms with E-state index in [1.54, 1.807) is 6.92 Å². The van der Waals surface area contributed by atoms with Crippen molar-refractivity contribution in [3.8, 4) is 0 Å². The van der Waals surface area contributed by atoms with Gasteiger partial charge >= 0.3 is 5.97 Å². The van der Waals surface area contributed by atoms with Crippen molar-refractivity contribution in [3.63, 3.8) is 0 Å². The molecule has 0 spiro atoms.